The summed E-state index contributed by atoms with van der Waals surface area (Å²) in [6, 6.07) is 16.4. The van der Waals surface area contributed by atoms with E-state index in [4.69, 9.17) is 11.6 Å². The summed E-state index contributed by atoms with van der Waals surface area (Å²) in [5.41, 5.74) is 4.52. The van der Waals surface area contributed by atoms with Crippen LogP contribution in [0, 0.1) is 13.8 Å². The number of allylic oxidation sites excluding steroid dienone is 1. The molecule has 0 fully saturated rings. The molecular weight excluding hydrogens is 402 g/mol. The van der Waals surface area contributed by atoms with Crippen molar-refractivity contribution in [3.05, 3.63) is 92.4 Å². The third-order valence-corrected chi connectivity index (χ3v) is 6.22. The zero-order chi connectivity index (χ0) is 20.0. The van der Waals surface area contributed by atoms with Crippen LogP contribution in [0.15, 0.2) is 54.6 Å². The second-order valence-electron chi connectivity index (χ2n) is 7.07. The molecule has 1 aliphatic rings. The predicted molar refractivity (Wildman–Crippen MR) is 116 cm³/mol. The molecule has 0 saturated heterocycles. The molecule has 5 rings (SSSR count). The molecule has 3 heterocycles. The van der Waals surface area contributed by atoms with Crippen LogP contribution in [-0.2, 0) is 6.42 Å². The lowest BCUT2D eigenvalue weighted by Crippen LogP contribution is -2.08. The van der Waals surface area contributed by atoms with Gasteiger partial charge >= 0.3 is 0 Å². The molecule has 0 amide bonds. The first-order chi connectivity index (χ1) is 14.1. The topological polar surface area (TPSA) is 56.5 Å². The molecule has 1 aliphatic heterocycles. The fraction of sp³-hybridized carbons (Fsp3) is 0.182. The zero-order valence-corrected chi connectivity index (χ0v) is 17.6. The van der Waals surface area contributed by atoms with Crippen LogP contribution in [0.25, 0.3) is 11.3 Å². The summed E-state index contributed by atoms with van der Waals surface area (Å²) in [6.45, 7) is 3.97. The van der Waals surface area contributed by atoms with Crippen molar-refractivity contribution in [3.8, 4) is 5.69 Å². The van der Waals surface area contributed by atoms with E-state index in [0.717, 1.165) is 55.5 Å². The van der Waals surface area contributed by atoms with Crippen molar-refractivity contribution in [2.75, 3.05) is 0 Å². The fourth-order valence-corrected chi connectivity index (χ4v) is 4.71. The number of aryl methyl sites for hydroxylation is 2. The Morgan fingerprint density at radius 3 is 2.52 bits per heavy atom. The number of hydrogen-bond donors (Lipinski definition) is 0. The molecule has 144 valence electrons. The van der Waals surface area contributed by atoms with Gasteiger partial charge in [0.2, 0.25) is 0 Å². The van der Waals surface area contributed by atoms with Crippen LogP contribution in [0.2, 0.25) is 5.02 Å². The molecule has 1 atom stereocenters. The lowest BCUT2D eigenvalue weighted by Gasteiger charge is -2.13. The second-order valence-corrected chi connectivity index (χ2v) is 8.77. The maximum atomic E-state index is 6.14. The summed E-state index contributed by atoms with van der Waals surface area (Å²) in [4.78, 5) is 0. The number of aromatic nitrogens is 5. The molecule has 0 saturated carbocycles. The number of nitrogens with zero attached hydrogens (tertiary/aromatic N) is 5. The summed E-state index contributed by atoms with van der Waals surface area (Å²) in [5.74, 6) is 1.82. The van der Waals surface area contributed by atoms with Crippen molar-refractivity contribution in [3.63, 3.8) is 0 Å². The molecule has 2 aromatic carbocycles. The van der Waals surface area contributed by atoms with Gasteiger partial charge in [0.25, 0.3) is 0 Å². The minimum absolute atomic E-state index is 0.0293. The van der Waals surface area contributed by atoms with Gasteiger partial charge in [0.15, 0.2) is 0 Å². The number of halogens is 1. The number of benzene rings is 2. The molecule has 7 heteroatoms. The van der Waals surface area contributed by atoms with Gasteiger partial charge < -0.3 is 0 Å². The summed E-state index contributed by atoms with van der Waals surface area (Å²) >= 11 is 7.77. The van der Waals surface area contributed by atoms with Gasteiger partial charge in [-0.15, -0.1) is 31.7 Å². The summed E-state index contributed by atoms with van der Waals surface area (Å²) in [7, 11) is 0. The van der Waals surface area contributed by atoms with Crippen molar-refractivity contribution in [1.29, 1.82) is 0 Å². The average molecular weight is 420 g/mol. The van der Waals surface area contributed by atoms with E-state index in [1.807, 2.05) is 26.0 Å². The SMILES string of the molecule is Cc1nnc(CC2C=C(c3ccc(Cl)cc3)c3ccccc3-n3c(C)nnc32)s1. The highest BCUT2D eigenvalue weighted by Gasteiger charge is 2.27. The first-order valence-corrected chi connectivity index (χ1v) is 10.6. The third-order valence-electron chi connectivity index (χ3n) is 5.10. The molecule has 0 aliphatic carbocycles. The highest BCUT2D eigenvalue weighted by molar-refractivity contribution is 7.11. The van der Waals surface area contributed by atoms with Gasteiger partial charge in [0.05, 0.1) is 5.69 Å². The number of hydrogen-bond acceptors (Lipinski definition) is 5. The Hall–Kier alpha value is -2.83. The normalized spacial score (nSPS) is 15.4. The molecule has 1 unspecified atom stereocenters. The molecule has 29 heavy (non-hydrogen) atoms. The van der Waals surface area contributed by atoms with E-state index in [1.165, 1.54) is 0 Å². The Morgan fingerprint density at radius 2 is 1.76 bits per heavy atom. The quantitative estimate of drug-likeness (QED) is 0.460. The second kappa shape index (κ2) is 7.21. The Labute approximate surface area is 177 Å². The lowest BCUT2D eigenvalue weighted by atomic mass is 9.93. The van der Waals surface area contributed by atoms with Gasteiger partial charge in [-0.25, -0.2) is 0 Å². The molecule has 2 aromatic heterocycles. The Bertz CT molecular complexity index is 1220. The number of para-hydroxylation sites is 1. The zero-order valence-electron chi connectivity index (χ0n) is 16.0. The smallest absolute Gasteiger partial charge is 0.145 e. The van der Waals surface area contributed by atoms with Crippen LogP contribution in [0.4, 0.5) is 0 Å². The summed E-state index contributed by atoms with van der Waals surface area (Å²) in [6.07, 6.45) is 3.01. The first kappa shape index (κ1) is 18.2. The Balaban J connectivity index is 1.73. The van der Waals surface area contributed by atoms with Crippen LogP contribution in [0.3, 0.4) is 0 Å². The van der Waals surface area contributed by atoms with Gasteiger partial charge in [-0.2, -0.15) is 0 Å². The van der Waals surface area contributed by atoms with Crippen LogP contribution < -0.4 is 0 Å². The molecule has 5 nitrogen and oxygen atoms in total. The highest BCUT2D eigenvalue weighted by Crippen LogP contribution is 2.38. The van der Waals surface area contributed by atoms with Gasteiger partial charge in [0, 0.05) is 22.9 Å². The minimum atomic E-state index is 0.0293. The Kier molecular flexibility index (Phi) is 4.53. The van der Waals surface area contributed by atoms with Crippen molar-refractivity contribution in [2.45, 2.75) is 26.2 Å². The van der Waals surface area contributed by atoms with Gasteiger partial charge in [-0.1, -0.05) is 48.0 Å². The molecular formula is C22H18ClN5S. The van der Waals surface area contributed by atoms with Gasteiger partial charge in [0.1, 0.15) is 21.7 Å². The van der Waals surface area contributed by atoms with Crippen LogP contribution in [0.1, 0.15) is 38.7 Å². The number of fused-ring (bicyclic) bond motifs is 3. The predicted octanol–water partition coefficient (Wildman–Crippen LogP) is 5.16. The van der Waals surface area contributed by atoms with Gasteiger partial charge in [-0.05, 0) is 43.2 Å². The molecule has 0 N–H and O–H groups in total. The average Bonchev–Trinajstić information content (AvgIpc) is 3.27. The van der Waals surface area contributed by atoms with Crippen LogP contribution in [0.5, 0.6) is 0 Å². The molecule has 0 bridgehead atoms. The van der Waals surface area contributed by atoms with E-state index in [0.29, 0.717) is 0 Å². The molecule has 0 radical (unpaired) electrons. The molecule has 4 aromatic rings. The van der Waals surface area contributed by atoms with Crippen LogP contribution >= 0.6 is 22.9 Å². The van der Waals surface area contributed by atoms with Crippen molar-refractivity contribution < 1.29 is 0 Å². The van der Waals surface area contributed by atoms with E-state index in [-0.39, 0.29) is 5.92 Å². The van der Waals surface area contributed by atoms with Crippen molar-refractivity contribution in [2.24, 2.45) is 0 Å². The van der Waals surface area contributed by atoms with Crippen molar-refractivity contribution >= 4 is 28.5 Å². The monoisotopic (exact) mass is 419 g/mol. The summed E-state index contributed by atoms with van der Waals surface area (Å²) < 4.78 is 2.16. The van der Waals surface area contributed by atoms with Crippen molar-refractivity contribution in [1.82, 2.24) is 25.0 Å². The van der Waals surface area contributed by atoms with E-state index >= 15 is 0 Å². The maximum Gasteiger partial charge on any atom is 0.145 e. The Morgan fingerprint density at radius 1 is 0.966 bits per heavy atom. The van der Waals surface area contributed by atoms with E-state index in [2.05, 4.69) is 67.4 Å². The largest absolute Gasteiger partial charge is 0.282 e. The highest BCUT2D eigenvalue weighted by atomic mass is 35.5. The van der Waals surface area contributed by atoms with E-state index in [9.17, 15) is 0 Å². The van der Waals surface area contributed by atoms with E-state index in [1.54, 1.807) is 11.3 Å². The molecule has 0 spiro atoms. The first-order valence-electron chi connectivity index (χ1n) is 9.38. The van der Waals surface area contributed by atoms with Crippen LogP contribution in [-0.4, -0.2) is 25.0 Å². The maximum absolute atomic E-state index is 6.14. The standard InChI is InChI=1S/C22H18ClN5S/c1-13-24-27-22-16(12-21-26-25-14(2)29-21)11-19(15-7-9-17(23)10-8-15)18-5-3-4-6-20(18)28(13)22/h3-11,16H,12H2,1-2H3. The fourth-order valence-electron chi connectivity index (χ4n) is 3.82. The number of rotatable bonds is 3. The third kappa shape index (κ3) is 3.28. The van der Waals surface area contributed by atoms with E-state index < -0.39 is 0 Å². The summed E-state index contributed by atoms with van der Waals surface area (Å²) in [5, 5.41) is 20.1. The minimum Gasteiger partial charge on any atom is -0.282 e. The van der Waals surface area contributed by atoms with Gasteiger partial charge in [-0.3, -0.25) is 4.57 Å². The lowest BCUT2D eigenvalue weighted by molar-refractivity contribution is 0.728.